The van der Waals surface area contributed by atoms with Gasteiger partial charge in [0.15, 0.2) is 11.5 Å². The van der Waals surface area contributed by atoms with Crippen molar-refractivity contribution in [3.63, 3.8) is 0 Å². The van der Waals surface area contributed by atoms with Crippen LogP contribution in [0.1, 0.15) is 31.4 Å². The van der Waals surface area contributed by atoms with Crippen molar-refractivity contribution in [3.05, 3.63) is 23.3 Å². The normalized spacial score (nSPS) is 13.5. The van der Waals surface area contributed by atoms with Gasteiger partial charge in [-0.25, -0.2) is 0 Å². The summed E-state index contributed by atoms with van der Waals surface area (Å²) in [6.07, 6.45) is 0.931. The standard InChI is InChI=1S/C15H20O4/c1-10-6-7-12(14(19-5)13(10)18-4)15(3,9-16)8-11(2)17/h6-7,9H,8H2,1-5H3/t15-/m1/s1. The van der Waals surface area contributed by atoms with Crippen LogP contribution in [0.15, 0.2) is 12.1 Å². The second-order valence-electron chi connectivity index (χ2n) is 4.91. The molecular weight excluding hydrogens is 244 g/mol. The average molecular weight is 264 g/mol. The predicted octanol–water partition coefficient (Wildman–Crippen LogP) is 2.45. The molecule has 4 heteroatoms. The molecular formula is C15H20O4. The molecule has 0 spiro atoms. The highest BCUT2D eigenvalue weighted by atomic mass is 16.5. The minimum Gasteiger partial charge on any atom is -0.493 e. The van der Waals surface area contributed by atoms with Gasteiger partial charge >= 0.3 is 0 Å². The van der Waals surface area contributed by atoms with E-state index in [1.807, 2.05) is 19.1 Å². The van der Waals surface area contributed by atoms with Crippen molar-refractivity contribution in [1.82, 2.24) is 0 Å². The van der Waals surface area contributed by atoms with E-state index < -0.39 is 5.41 Å². The third-order valence-corrected chi connectivity index (χ3v) is 3.21. The maximum atomic E-state index is 11.5. The molecule has 1 aromatic rings. The van der Waals surface area contributed by atoms with Gasteiger partial charge in [-0.2, -0.15) is 0 Å². The number of methoxy groups -OCH3 is 2. The number of ketones is 1. The Labute approximate surface area is 113 Å². The van der Waals surface area contributed by atoms with Crippen LogP contribution in [0.25, 0.3) is 0 Å². The smallest absolute Gasteiger partial charge is 0.165 e. The molecule has 0 unspecified atom stereocenters. The molecule has 1 atom stereocenters. The van der Waals surface area contributed by atoms with Gasteiger partial charge in [0.1, 0.15) is 12.1 Å². The number of ether oxygens (including phenoxy) is 2. The molecule has 0 aromatic heterocycles. The molecule has 0 aliphatic carbocycles. The monoisotopic (exact) mass is 264 g/mol. The average Bonchev–Trinajstić information content (AvgIpc) is 2.36. The van der Waals surface area contributed by atoms with Crippen molar-refractivity contribution >= 4 is 12.1 Å². The van der Waals surface area contributed by atoms with E-state index in [0.29, 0.717) is 17.1 Å². The zero-order chi connectivity index (χ0) is 14.6. The van der Waals surface area contributed by atoms with Crippen LogP contribution in [-0.2, 0) is 15.0 Å². The predicted molar refractivity (Wildman–Crippen MR) is 73.0 cm³/mol. The second-order valence-corrected chi connectivity index (χ2v) is 4.91. The fourth-order valence-electron chi connectivity index (χ4n) is 2.28. The number of aldehydes is 1. The number of benzene rings is 1. The fourth-order valence-corrected chi connectivity index (χ4v) is 2.28. The zero-order valence-electron chi connectivity index (χ0n) is 12.1. The molecule has 4 nitrogen and oxygen atoms in total. The van der Waals surface area contributed by atoms with Crippen LogP contribution in [0.5, 0.6) is 11.5 Å². The van der Waals surface area contributed by atoms with Crippen LogP contribution in [0.3, 0.4) is 0 Å². The Morgan fingerprint density at radius 2 is 1.84 bits per heavy atom. The highest BCUT2D eigenvalue weighted by Crippen LogP contribution is 2.41. The first-order valence-corrected chi connectivity index (χ1v) is 6.07. The Kier molecular flexibility index (Phi) is 4.70. The van der Waals surface area contributed by atoms with Crippen molar-refractivity contribution in [1.29, 1.82) is 0 Å². The van der Waals surface area contributed by atoms with Gasteiger partial charge in [0.05, 0.1) is 19.6 Å². The number of hydrogen-bond acceptors (Lipinski definition) is 4. The summed E-state index contributed by atoms with van der Waals surface area (Å²) < 4.78 is 10.7. The number of carbonyl (C=O) groups excluding carboxylic acids is 2. The van der Waals surface area contributed by atoms with Gasteiger partial charge in [0, 0.05) is 12.0 Å². The summed E-state index contributed by atoms with van der Waals surface area (Å²) in [5.41, 5.74) is 0.680. The van der Waals surface area contributed by atoms with Crippen molar-refractivity contribution in [2.75, 3.05) is 14.2 Å². The summed E-state index contributed by atoms with van der Waals surface area (Å²) in [7, 11) is 3.08. The number of aryl methyl sites for hydroxylation is 1. The zero-order valence-corrected chi connectivity index (χ0v) is 12.1. The Morgan fingerprint density at radius 1 is 1.26 bits per heavy atom. The lowest BCUT2D eigenvalue weighted by atomic mass is 9.78. The second kappa shape index (κ2) is 5.87. The van der Waals surface area contributed by atoms with Crippen molar-refractivity contribution in [2.24, 2.45) is 0 Å². The van der Waals surface area contributed by atoms with Crippen LogP contribution in [0.4, 0.5) is 0 Å². The Morgan fingerprint density at radius 3 is 2.26 bits per heavy atom. The first-order valence-electron chi connectivity index (χ1n) is 6.07. The molecule has 0 heterocycles. The molecule has 0 amide bonds. The van der Waals surface area contributed by atoms with Gasteiger partial charge < -0.3 is 14.3 Å². The molecule has 19 heavy (non-hydrogen) atoms. The van der Waals surface area contributed by atoms with Crippen molar-refractivity contribution in [3.8, 4) is 11.5 Å². The summed E-state index contributed by atoms with van der Waals surface area (Å²) in [5, 5.41) is 0. The van der Waals surface area contributed by atoms with Gasteiger partial charge in [-0.1, -0.05) is 12.1 Å². The molecule has 0 aliphatic rings. The minimum atomic E-state index is -0.905. The maximum absolute atomic E-state index is 11.5. The molecule has 0 saturated carbocycles. The first kappa shape index (κ1) is 15.2. The summed E-state index contributed by atoms with van der Waals surface area (Å²) >= 11 is 0. The van der Waals surface area contributed by atoms with Crippen LogP contribution in [0.2, 0.25) is 0 Å². The quantitative estimate of drug-likeness (QED) is 0.741. The Balaban J connectivity index is 3.47. The highest BCUT2D eigenvalue weighted by molar-refractivity contribution is 5.84. The van der Waals surface area contributed by atoms with Crippen LogP contribution in [-0.4, -0.2) is 26.3 Å². The Hall–Kier alpha value is -1.84. The lowest BCUT2D eigenvalue weighted by Crippen LogP contribution is -2.27. The molecule has 0 N–H and O–H groups in total. The van der Waals surface area contributed by atoms with E-state index in [9.17, 15) is 9.59 Å². The third kappa shape index (κ3) is 2.95. The third-order valence-electron chi connectivity index (χ3n) is 3.21. The lowest BCUT2D eigenvalue weighted by Gasteiger charge is -2.26. The van der Waals surface area contributed by atoms with E-state index >= 15 is 0 Å². The van der Waals surface area contributed by atoms with Crippen molar-refractivity contribution in [2.45, 2.75) is 32.6 Å². The topological polar surface area (TPSA) is 52.6 Å². The van der Waals surface area contributed by atoms with Gasteiger partial charge in [0.25, 0.3) is 0 Å². The molecule has 1 rings (SSSR count). The summed E-state index contributed by atoms with van der Waals surface area (Å²) in [4.78, 5) is 22.8. The number of Topliss-reactive ketones (excluding diaryl/α,β-unsaturated/α-hetero) is 1. The molecule has 0 fully saturated rings. The largest absolute Gasteiger partial charge is 0.493 e. The van der Waals surface area contributed by atoms with Crippen LogP contribution in [0, 0.1) is 6.92 Å². The van der Waals surface area contributed by atoms with E-state index in [4.69, 9.17) is 9.47 Å². The van der Waals surface area contributed by atoms with E-state index in [2.05, 4.69) is 0 Å². The van der Waals surface area contributed by atoms with Crippen molar-refractivity contribution < 1.29 is 19.1 Å². The van der Waals surface area contributed by atoms with Gasteiger partial charge in [-0.3, -0.25) is 4.79 Å². The summed E-state index contributed by atoms with van der Waals surface area (Å²) in [6, 6.07) is 3.67. The molecule has 104 valence electrons. The van der Waals surface area contributed by atoms with Crippen LogP contribution < -0.4 is 9.47 Å². The van der Waals surface area contributed by atoms with Gasteiger partial charge in [0.2, 0.25) is 0 Å². The van der Waals surface area contributed by atoms with Gasteiger partial charge in [-0.15, -0.1) is 0 Å². The first-order chi connectivity index (χ1) is 8.89. The fraction of sp³-hybridized carbons (Fsp3) is 0.467. The van der Waals surface area contributed by atoms with Crippen LogP contribution >= 0.6 is 0 Å². The maximum Gasteiger partial charge on any atom is 0.165 e. The SMILES string of the molecule is COc1c(C)ccc([C@@](C)(C=O)CC(C)=O)c1OC. The molecule has 0 saturated heterocycles. The van der Waals surface area contributed by atoms with E-state index in [0.717, 1.165) is 11.8 Å². The number of carbonyl (C=O) groups is 2. The molecule has 1 aromatic carbocycles. The van der Waals surface area contributed by atoms with E-state index in [1.54, 1.807) is 14.0 Å². The molecule has 0 aliphatic heterocycles. The molecule has 0 bridgehead atoms. The van der Waals surface area contributed by atoms with Gasteiger partial charge in [-0.05, 0) is 26.3 Å². The summed E-state index contributed by atoms with van der Waals surface area (Å²) in [5.74, 6) is 1.06. The summed E-state index contributed by atoms with van der Waals surface area (Å²) in [6.45, 7) is 5.10. The minimum absolute atomic E-state index is 0.0452. The molecule has 0 radical (unpaired) electrons. The lowest BCUT2D eigenvalue weighted by molar-refractivity contribution is -0.122. The Bertz CT molecular complexity index is 493. The highest BCUT2D eigenvalue weighted by Gasteiger charge is 2.32. The number of hydrogen-bond donors (Lipinski definition) is 0. The number of rotatable bonds is 6. The van der Waals surface area contributed by atoms with E-state index in [1.165, 1.54) is 14.0 Å². The van der Waals surface area contributed by atoms with E-state index in [-0.39, 0.29) is 12.2 Å².